The van der Waals surface area contributed by atoms with E-state index >= 15 is 0 Å². The van der Waals surface area contributed by atoms with Crippen LogP contribution in [0.2, 0.25) is 0 Å². The Morgan fingerprint density at radius 3 is 2.73 bits per heavy atom. The number of esters is 1. The Bertz CT molecular complexity index is 878. The van der Waals surface area contributed by atoms with Crippen molar-refractivity contribution in [2.24, 2.45) is 0 Å². The molecule has 7 nitrogen and oxygen atoms in total. The topological polar surface area (TPSA) is 89.3 Å². The van der Waals surface area contributed by atoms with Crippen LogP contribution in [0.4, 0.5) is 17.3 Å². The summed E-state index contributed by atoms with van der Waals surface area (Å²) in [5.74, 6) is 2.27. The highest BCUT2D eigenvalue weighted by Gasteiger charge is 2.13. The van der Waals surface area contributed by atoms with Crippen LogP contribution in [0.25, 0.3) is 0 Å². The molecule has 0 amide bonds. The average Bonchev–Trinajstić information content (AvgIpc) is 3.14. The molecule has 0 bridgehead atoms. The number of benzene rings is 1. The second-order valence-electron chi connectivity index (χ2n) is 5.51. The number of rotatable bonds is 7. The van der Waals surface area contributed by atoms with Gasteiger partial charge in [-0.2, -0.15) is 0 Å². The molecule has 2 heterocycles. The van der Waals surface area contributed by atoms with Gasteiger partial charge in [-0.05, 0) is 38.1 Å². The number of furan rings is 1. The van der Waals surface area contributed by atoms with Gasteiger partial charge in [0.25, 0.3) is 0 Å². The van der Waals surface area contributed by atoms with E-state index in [0.29, 0.717) is 41.9 Å². The molecule has 0 saturated heterocycles. The van der Waals surface area contributed by atoms with E-state index in [1.54, 1.807) is 44.4 Å². The predicted molar refractivity (Wildman–Crippen MR) is 98.5 cm³/mol. The van der Waals surface area contributed by atoms with Gasteiger partial charge in [0.15, 0.2) is 0 Å². The van der Waals surface area contributed by atoms with Crippen LogP contribution in [0.3, 0.4) is 0 Å². The lowest BCUT2D eigenvalue weighted by atomic mass is 10.2. The molecule has 7 heteroatoms. The van der Waals surface area contributed by atoms with Crippen molar-refractivity contribution in [2.75, 3.05) is 17.2 Å². The largest absolute Gasteiger partial charge is 0.467 e. The highest BCUT2D eigenvalue weighted by molar-refractivity contribution is 5.96. The van der Waals surface area contributed by atoms with Crippen LogP contribution in [0.15, 0.2) is 53.1 Å². The van der Waals surface area contributed by atoms with Crippen molar-refractivity contribution in [1.82, 2.24) is 9.97 Å². The lowest BCUT2D eigenvalue weighted by Gasteiger charge is -2.12. The number of hydrogen-bond acceptors (Lipinski definition) is 7. The number of hydrogen-bond donors (Lipinski definition) is 2. The van der Waals surface area contributed by atoms with E-state index in [9.17, 15) is 4.79 Å². The van der Waals surface area contributed by atoms with Gasteiger partial charge in [-0.1, -0.05) is 12.1 Å². The normalized spacial score (nSPS) is 10.4. The first-order valence-corrected chi connectivity index (χ1v) is 8.31. The van der Waals surface area contributed by atoms with Crippen molar-refractivity contribution in [1.29, 1.82) is 0 Å². The van der Waals surface area contributed by atoms with E-state index in [-0.39, 0.29) is 5.97 Å². The van der Waals surface area contributed by atoms with Gasteiger partial charge < -0.3 is 19.8 Å². The fourth-order valence-corrected chi connectivity index (χ4v) is 2.43. The zero-order valence-corrected chi connectivity index (χ0v) is 14.7. The SMILES string of the molecule is CCOC(=O)c1ccccc1Nc1cc(NCc2ccco2)nc(C)n1. The summed E-state index contributed by atoms with van der Waals surface area (Å²) in [6, 6.07) is 12.6. The summed E-state index contributed by atoms with van der Waals surface area (Å²) in [6.45, 7) is 4.42. The first-order valence-electron chi connectivity index (χ1n) is 8.31. The van der Waals surface area contributed by atoms with Gasteiger partial charge in [0, 0.05) is 6.07 Å². The van der Waals surface area contributed by atoms with Crippen LogP contribution in [0, 0.1) is 6.92 Å². The molecule has 0 unspecified atom stereocenters. The molecule has 134 valence electrons. The highest BCUT2D eigenvalue weighted by Crippen LogP contribution is 2.22. The summed E-state index contributed by atoms with van der Waals surface area (Å²) in [5.41, 5.74) is 1.08. The lowest BCUT2D eigenvalue weighted by molar-refractivity contribution is 0.0527. The quantitative estimate of drug-likeness (QED) is 0.623. The summed E-state index contributed by atoms with van der Waals surface area (Å²) < 4.78 is 10.4. The van der Waals surface area contributed by atoms with Crippen molar-refractivity contribution in [3.8, 4) is 0 Å². The maximum Gasteiger partial charge on any atom is 0.340 e. The molecule has 26 heavy (non-hydrogen) atoms. The van der Waals surface area contributed by atoms with E-state index in [1.165, 1.54) is 0 Å². The van der Waals surface area contributed by atoms with Gasteiger partial charge >= 0.3 is 5.97 Å². The predicted octanol–water partition coefficient (Wildman–Crippen LogP) is 3.91. The molecule has 1 aromatic carbocycles. The van der Waals surface area contributed by atoms with Crippen LogP contribution in [-0.2, 0) is 11.3 Å². The first-order chi connectivity index (χ1) is 12.7. The summed E-state index contributed by atoms with van der Waals surface area (Å²) in [5, 5.41) is 6.37. The smallest absolute Gasteiger partial charge is 0.340 e. The maximum absolute atomic E-state index is 12.1. The average molecular weight is 352 g/mol. The van der Waals surface area contributed by atoms with E-state index in [1.807, 2.05) is 18.2 Å². The Morgan fingerprint density at radius 2 is 1.96 bits per heavy atom. The van der Waals surface area contributed by atoms with Gasteiger partial charge in [-0.15, -0.1) is 0 Å². The Kier molecular flexibility index (Phi) is 5.48. The second kappa shape index (κ2) is 8.15. The minimum absolute atomic E-state index is 0.320. The molecular formula is C19H20N4O3. The number of para-hydroxylation sites is 1. The number of nitrogens with one attached hydrogen (secondary N) is 2. The van der Waals surface area contributed by atoms with Gasteiger partial charge in [-0.3, -0.25) is 0 Å². The Balaban J connectivity index is 1.79. The third kappa shape index (κ3) is 4.38. The van der Waals surface area contributed by atoms with Crippen LogP contribution in [0.1, 0.15) is 28.9 Å². The Morgan fingerprint density at radius 1 is 1.15 bits per heavy atom. The fourth-order valence-electron chi connectivity index (χ4n) is 2.43. The van der Waals surface area contributed by atoms with Crippen molar-refractivity contribution >= 4 is 23.3 Å². The molecule has 0 aliphatic rings. The number of aryl methyl sites for hydroxylation is 1. The van der Waals surface area contributed by atoms with Crippen LogP contribution in [-0.4, -0.2) is 22.5 Å². The monoisotopic (exact) mass is 352 g/mol. The zero-order valence-electron chi connectivity index (χ0n) is 14.7. The molecule has 0 aliphatic carbocycles. The molecule has 3 rings (SSSR count). The van der Waals surface area contributed by atoms with Crippen LogP contribution < -0.4 is 10.6 Å². The molecule has 2 N–H and O–H groups in total. The number of aromatic nitrogens is 2. The van der Waals surface area contributed by atoms with Crippen molar-refractivity contribution in [3.63, 3.8) is 0 Å². The summed E-state index contributed by atoms with van der Waals surface area (Å²) in [6.07, 6.45) is 1.63. The number of carbonyl (C=O) groups is 1. The molecule has 3 aromatic rings. The Labute approximate surface area is 151 Å². The van der Waals surface area contributed by atoms with Crippen LogP contribution >= 0.6 is 0 Å². The molecule has 2 aromatic heterocycles. The lowest BCUT2D eigenvalue weighted by Crippen LogP contribution is -2.09. The van der Waals surface area contributed by atoms with Crippen molar-refractivity contribution < 1.29 is 13.9 Å². The minimum atomic E-state index is -0.377. The molecule has 0 spiro atoms. The number of nitrogens with zero attached hydrogens (tertiary/aromatic N) is 2. The number of anilines is 3. The molecule has 0 aliphatic heterocycles. The van der Waals surface area contributed by atoms with E-state index in [2.05, 4.69) is 20.6 Å². The summed E-state index contributed by atoms with van der Waals surface area (Å²) in [4.78, 5) is 20.9. The number of carbonyl (C=O) groups excluding carboxylic acids is 1. The number of ether oxygens (including phenoxy) is 1. The van der Waals surface area contributed by atoms with Gasteiger partial charge in [-0.25, -0.2) is 14.8 Å². The standard InChI is InChI=1S/C19H20N4O3/c1-3-25-19(24)15-8-4-5-9-16(15)23-18-11-17(21-13(2)22-18)20-12-14-7-6-10-26-14/h4-11H,3,12H2,1-2H3,(H2,20,21,22,23). The first kappa shape index (κ1) is 17.5. The summed E-state index contributed by atoms with van der Waals surface area (Å²) >= 11 is 0. The van der Waals surface area contributed by atoms with Crippen molar-refractivity contribution in [2.45, 2.75) is 20.4 Å². The molecule has 0 saturated carbocycles. The third-order valence-electron chi connectivity index (χ3n) is 3.55. The highest BCUT2D eigenvalue weighted by atomic mass is 16.5. The van der Waals surface area contributed by atoms with Gasteiger partial charge in [0.2, 0.25) is 0 Å². The molecule has 0 fully saturated rings. The fraction of sp³-hybridized carbons (Fsp3) is 0.211. The molecule has 0 radical (unpaired) electrons. The maximum atomic E-state index is 12.1. The van der Waals surface area contributed by atoms with E-state index in [0.717, 1.165) is 5.76 Å². The summed E-state index contributed by atoms with van der Waals surface area (Å²) in [7, 11) is 0. The third-order valence-corrected chi connectivity index (χ3v) is 3.55. The Hall–Kier alpha value is -3.35. The zero-order chi connectivity index (χ0) is 18.4. The second-order valence-corrected chi connectivity index (χ2v) is 5.51. The molecule has 0 atom stereocenters. The van der Waals surface area contributed by atoms with E-state index in [4.69, 9.17) is 9.15 Å². The van der Waals surface area contributed by atoms with Crippen molar-refractivity contribution in [3.05, 3.63) is 65.9 Å². The van der Waals surface area contributed by atoms with Gasteiger partial charge in [0.05, 0.1) is 30.7 Å². The molecular weight excluding hydrogens is 332 g/mol. The van der Waals surface area contributed by atoms with E-state index < -0.39 is 0 Å². The minimum Gasteiger partial charge on any atom is -0.467 e. The van der Waals surface area contributed by atoms with Gasteiger partial charge in [0.1, 0.15) is 23.2 Å². The van der Waals surface area contributed by atoms with Crippen LogP contribution in [0.5, 0.6) is 0 Å².